The van der Waals surface area contributed by atoms with Gasteiger partial charge in [0.15, 0.2) is 0 Å². The molecule has 0 aromatic rings. The molecular weight excluding hydrogens is 186 g/mol. The third kappa shape index (κ3) is 3.82. The Morgan fingerprint density at radius 3 is 2.47 bits per heavy atom. The first kappa shape index (κ1) is 12.5. The van der Waals surface area contributed by atoms with Gasteiger partial charge in [0.25, 0.3) is 0 Å². The summed E-state index contributed by atoms with van der Waals surface area (Å²) >= 11 is 0. The smallest absolute Gasteiger partial charge is 0.0947 e. The first-order chi connectivity index (χ1) is 7.15. The Kier molecular flexibility index (Phi) is 5.09. The molecule has 1 aliphatic rings. The van der Waals surface area contributed by atoms with Crippen LogP contribution in [0.1, 0.15) is 46.0 Å². The molecule has 0 aliphatic heterocycles. The van der Waals surface area contributed by atoms with Crippen LogP contribution in [0.2, 0.25) is 0 Å². The summed E-state index contributed by atoms with van der Waals surface area (Å²) < 4.78 is 0. The van der Waals surface area contributed by atoms with E-state index in [0.29, 0.717) is 5.84 Å². The van der Waals surface area contributed by atoms with Gasteiger partial charge in [0, 0.05) is 18.5 Å². The standard InChI is InChI=1S/C12H25N3/c1-3-15(9-10(2)12(13)14)11-7-5-4-6-8-11/h10-11H,3-9H2,1-2H3,(H3,13,14). The fraction of sp³-hybridized carbons (Fsp3) is 0.917. The summed E-state index contributed by atoms with van der Waals surface area (Å²) in [5.41, 5.74) is 5.53. The Labute approximate surface area is 93.5 Å². The first-order valence-corrected chi connectivity index (χ1v) is 6.23. The monoisotopic (exact) mass is 211 g/mol. The molecule has 3 heteroatoms. The second-order valence-electron chi connectivity index (χ2n) is 4.74. The lowest BCUT2D eigenvalue weighted by atomic mass is 9.93. The lowest BCUT2D eigenvalue weighted by Gasteiger charge is -2.35. The summed E-state index contributed by atoms with van der Waals surface area (Å²) in [5, 5.41) is 7.43. The van der Waals surface area contributed by atoms with Crippen LogP contribution in [-0.2, 0) is 0 Å². The number of nitrogens with one attached hydrogen (secondary N) is 1. The summed E-state index contributed by atoms with van der Waals surface area (Å²) in [5.74, 6) is 0.524. The second-order valence-corrected chi connectivity index (χ2v) is 4.74. The van der Waals surface area contributed by atoms with Gasteiger partial charge in [0.05, 0.1) is 5.84 Å². The van der Waals surface area contributed by atoms with Gasteiger partial charge in [-0.25, -0.2) is 0 Å². The van der Waals surface area contributed by atoms with Gasteiger partial charge in [0.1, 0.15) is 0 Å². The molecule has 0 saturated heterocycles. The molecule has 1 unspecified atom stereocenters. The second kappa shape index (κ2) is 6.11. The van der Waals surface area contributed by atoms with Gasteiger partial charge in [-0.1, -0.05) is 33.1 Å². The summed E-state index contributed by atoms with van der Waals surface area (Å²) in [6, 6.07) is 0.741. The van der Waals surface area contributed by atoms with E-state index in [1.54, 1.807) is 0 Å². The molecule has 0 bridgehead atoms. The van der Waals surface area contributed by atoms with Crippen LogP contribution in [0.4, 0.5) is 0 Å². The Morgan fingerprint density at radius 2 is 2.00 bits per heavy atom. The van der Waals surface area contributed by atoms with Crippen molar-refractivity contribution in [2.75, 3.05) is 13.1 Å². The predicted molar refractivity (Wildman–Crippen MR) is 65.2 cm³/mol. The Balaban J connectivity index is 2.43. The highest BCUT2D eigenvalue weighted by molar-refractivity contribution is 5.79. The molecule has 0 aromatic heterocycles. The van der Waals surface area contributed by atoms with Crippen molar-refractivity contribution in [2.24, 2.45) is 11.7 Å². The molecule has 1 rings (SSSR count). The zero-order chi connectivity index (χ0) is 11.3. The van der Waals surface area contributed by atoms with Gasteiger partial charge in [-0.15, -0.1) is 0 Å². The van der Waals surface area contributed by atoms with E-state index in [2.05, 4.69) is 11.8 Å². The third-order valence-electron chi connectivity index (χ3n) is 3.54. The predicted octanol–water partition coefficient (Wildman–Crippen LogP) is 2.21. The largest absolute Gasteiger partial charge is 0.387 e. The number of hydrogen-bond donors (Lipinski definition) is 2. The van der Waals surface area contributed by atoms with Crippen LogP contribution in [-0.4, -0.2) is 29.9 Å². The molecule has 1 aliphatic carbocycles. The molecule has 15 heavy (non-hydrogen) atoms. The average molecular weight is 211 g/mol. The third-order valence-corrected chi connectivity index (χ3v) is 3.54. The van der Waals surface area contributed by atoms with Crippen LogP contribution in [0.5, 0.6) is 0 Å². The number of nitrogens with zero attached hydrogens (tertiary/aromatic N) is 1. The van der Waals surface area contributed by atoms with Crippen LogP contribution in [0.3, 0.4) is 0 Å². The maximum atomic E-state index is 7.43. The van der Waals surface area contributed by atoms with Gasteiger partial charge in [0.2, 0.25) is 0 Å². The van der Waals surface area contributed by atoms with Crippen molar-refractivity contribution in [2.45, 2.75) is 52.0 Å². The molecule has 1 atom stereocenters. The van der Waals surface area contributed by atoms with E-state index in [1.165, 1.54) is 32.1 Å². The van der Waals surface area contributed by atoms with Crippen LogP contribution in [0.15, 0.2) is 0 Å². The summed E-state index contributed by atoms with van der Waals surface area (Å²) in [7, 11) is 0. The molecular formula is C12H25N3. The fourth-order valence-electron chi connectivity index (χ4n) is 2.43. The molecule has 0 aromatic carbocycles. The van der Waals surface area contributed by atoms with Crippen LogP contribution in [0.25, 0.3) is 0 Å². The van der Waals surface area contributed by atoms with Crippen molar-refractivity contribution in [1.29, 1.82) is 5.41 Å². The van der Waals surface area contributed by atoms with E-state index >= 15 is 0 Å². The van der Waals surface area contributed by atoms with Crippen molar-refractivity contribution in [3.05, 3.63) is 0 Å². The van der Waals surface area contributed by atoms with Gasteiger partial charge in [-0.3, -0.25) is 10.3 Å². The van der Waals surface area contributed by atoms with Crippen LogP contribution in [0, 0.1) is 11.3 Å². The number of rotatable bonds is 5. The molecule has 1 saturated carbocycles. The lowest BCUT2D eigenvalue weighted by Crippen LogP contribution is -2.41. The molecule has 3 N–H and O–H groups in total. The van der Waals surface area contributed by atoms with Crippen molar-refractivity contribution in [1.82, 2.24) is 4.90 Å². The summed E-state index contributed by atoms with van der Waals surface area (Å²) in [6.07, 6.45) is 6.80. The molecule has 0 spiro atoms. The summed E-state index contributed by atoms with van der Waals surface area (Å²) in [4.78, 5) is 2.51. The molecule has 88 valence electrons. The highest BCUT2D eigenvalue weighted by Gasteiger charge is 2.21. The number of amidine groups is 1. The van der Waals surface area contributed by atoms with E-state index in [1.807, 2.05) is 6.92 Å². The van der Waals surface area contributed by atoms with Crippen molar-refractivity contribution in [3.63, 3.8) is 0 Å². The number of hydrogen-bond acceptors (Lipinski definition) is 2. The normalized spacial score (nSPS) is 20.5. The topological polar surface area (TPSA) is 53.1 Å². The minimum atomic E-state index is 0.201. The zero-order valence-electron chi connectivity index (χ0n) is 10.1. The van der Waals surface area contributed by atoms with Gasteiger partial charge < -0.3 is 5.73 Å². The van der Waals surface area contributed by atoms with E-state index < -0.39 is 0 Å². The molecule has 0 heterocycles. The van der Waals surface area contributed by atoms with Crippen molar-refractivity contribution >= 4 is 5.84 Å². The van der Waals surface area contributed by atoms with Crippen molar-refractivity contribution in [3.8, 4) is 0 Å². The number of nitrogens with two attached hydrogens (primary N) is 1. The summed E-state index contributed by atoms with van der Waals surface area (Å²) in [6.45, 7) is 6.30. The van der Waals surface area contributed by atoms with E-state index in [0.717, 1.165) is 19.1 Å². The van der Waals surface area contributed by atoms with Crippen molar-refractivity contribution < 1.29 is 0 Å². The lowest BCUT2D eigenvalue weighted by molar-refractivity contribution is 0.155. The van der Waals surface area contributed by atoms with E-state index in [4.69, 9.17) is 11.1 Å². The fourth-order valence-corrected chi connectivity index (χ4v) is 2.43. The molecule has 0 radical (unpaired) electrons. The van der Waals surface area contributed by atoms with Crippen LogP contribution < -0.4 is 5.73 Å². The van der Waals surface area contributed by atoms with Gasteiger partial charge in [-0.05, 0) is 19.4 Å². The van der Waals surface area contributed by atoms with Gasteiger partial charge in [-0.2, -0.15) is 0 Å². The Bertz CT molecular complexity index is 197. The Hall–Kier alpha value is -0.570. The van der Waals surface area contributed by atoms with E-state index in [9.17, 15) is 0 Å². The SMILES string of the molecule is CCN(CC(C)C(=N)N)C1CCCCC1. The zero-order valence-corrected chi connectivity index (χ0v) is 10.1. The highest BCUT2D eigenvalue weighted by Crippen LogP contribution is 2.23. The van der Waals surface area contributed by atoms with Crippen LogP contribution >= 0.6 is 0 Å². The molecule has 0 amide bonds. The minimum Gasteiger partial charge on any atom is -0.387 e. The molecule has 1 fully saturated rings. The highest BCUT2D eigenvalue weighted by atomic mass is 15.2. The van der Waals surface area contributed by atoms with E-state index in [-0.39, 0.29) is 5.92 Å². The first-order valence-electron chi connectivity index (χ1n) is 6.23. The quantitative estimate of drug-likeness (QED) is 0.541. The average Bonchev–Trinajstić information content (AvgIpc) is 2.26. The minimum absolute atomic E-state index is 0.201. The maximum absolute atomic E-state index is 7.43. The molecule has 3 nitrogen and oxygen atoms in total. The maximum Gasteiger partial charge on any atom is 0.0947 e. The van der Waals surface area contributed by atoms with Gasteiger partial charge >= 0.3 is 0 Å². The Morgan fingerprint density at radius 1 is 1.40 bits per heavy atom.